The van der Waals surface area contributed by atoms with Gasteiger partial charge in [0.05, 0.1) is 4.34 Å². The van der Waals surface area contributed by atoms with Gasteiger partial charge in [0, 0.05) is 5.39 Å². The van der Waals surface area contributed by atoms with Crippen LogP contribution in [-0.2, 0) is 17.1 Å². The summed E-state index contributed by atoms with van der Waals surface area (Å²) >= 11 is 6.63. The first-order valence-corrected chi connectivity index (χ1v) is 9.13. The average molecular weight is 369 g/mol. The highest BCUT2D eigenvalue weighted by atomic mass is 35.5. The lowest BCUT2D eigenvalue weighted by molar-refractivity contribution is -0.728. The minimum absolute atomic E-state index is 0.0152. The van der Waals surface area contributed by atoms with E-state index >= 15 is 0 Å². The van der Waals surface area contributed by atoms with Gasteiger partial charge in [-0.2, -0.15) is 0 Å². The lowest BCUT2D eigenvalue weighted by Crippen LogP contribution is -2.37. The number of aromatic nitrogens is 2. The number of nitrogens with one attached hydrogen (secondary N) is 1. The number of hydrogen-bond acceptors (Lipinski definition) is 5. The SMILES string of the molecule is C[n+]1cc(C(=O)NS(=O)(=O)c2ccc(Cl)s2)c2ccccc2n1. The number of fused-ring (bicyclic) bond motifs is 1. The van der Waals surface area contributed by atoms with E-state index in [0.717, 1.165) is 11.3 Å². The molecule has 9 heteroatoms. The summed E-state index contributed by atoms with van der Waals surface area (Å²) in [6.07, 6.45) is 1.48. The molecule has 0 saturated carbocycles. The smallest absolute Gasteiger partial charge is 0.268 e. The molecule has 0 saturated heterocycles. The van der Waals surface area contributed by atoms with Gasteiger partial charge in [-0.1, -0.05) is 34.5 Å². The van der Waals surface area contributed by atoms with Crippen LogP contribution < -0.4 is 9.40 Å². The minimum atomic E-state index is -3.96. The predicted molar refractivity (Wildman–Crippen MR) is 86.9 cm³/mol. The van der Waals surface area contributed by atoms with Crippen molar-refractivity contribution in [2.24, 2.45) is 7.05 Å². The Morgan fingerprint density at radius 3 is 2.70 bits per heavy atom. The van der Waals surface area contributed by atoms with Gasteiger partial charge in [-0.15, -0.1) is 11.3 Å². The second-order valence-corrected chi connectivity index (χ2v) is 8.35. The van der Waals surface area contributed by atoms with Gasteiger partial charge < -0.3 is 0 Å². The lowest BCUT2D eigenvalue weighted by Gasteiger charge is -2.06. The van der Waals surface area contributed by atoms with E-state index in [1.165, 1.54) is 23.0 Å². The molecule has 1 amide bonds. The van der Waals surface area contributed by atoms with Crippen LogP contribution in [0, 0.1) is 0 Å². The number of carbonyl (C=O) groups excluding carboxylic acids is 1. The number of carbonyl (C=O) groups is 1. The summed E-state index contributed by atoms with van der Waals surface area (Å²) in [5.74, 6) is -0.719. The first-order chi connectivity index (χ1) is 10.9. The van der Waals surface area contributed by atoms with Crippen molar-refractivity contribution in [2.75, 3.05) is 0 Å². The van der Waals surface area contributed by atoms with Crippen molar-refractivity contribution in [3.05, 3.63) is 52.5 Å². The third-order valence-electron chi connectivity index (χ3n) is 3.06. The molecule has 2 aromatic heterocycles. The quantitative estimate of drug-likeness (QED) is 0.716. The normalized spacial score (nSPS) is 11.6. The molecule has 0 bridgehead atoms. The number of thiophene rings is 1. The van der Waals surface area contributed by atoms with Gasteiger partial charge in [-0.05, 0) is 23.3 Å². The Kier molecular flexibility index (Phi) is 4.05. The maximum atomic E-state index is 12.4. The fraction of sp³-hybridized carbons (Fsp3) is 0.0714. The molecule has 0 fully saturated rings. The summed E-state index contributed by atoms with van der Waals surface area (Å²) in [5, 5.41) is 4.82. The fourth-order valence-electron chi connectivity index (χ4n) is 2.09. The molecule has 0 aliphatic carbocycles. The number of halogens is 1. The summed E-state index contributed by atoms with van der Waals surface area (Å²) in [6, 6.07) is 9.83. The standard InChI is InChI=1S/C14H10ClN3O3S2/c1-18-8-10(9-4-2-3-5-11(9)16-18)14(19)17-23(20,21)13-7-6-12(15)22-13/h2-8H,1H3/p+1. The van der Waals surface area contributed by atoms with Gasteiger partial charge in [0.25, 0.3) is 15.9 Å². The van der Waals surface area contributed by atoms with Crippen molar-refractivity contribution < 1.29 is 17.9 Å². The van der Waals surface area contributed by atoms with Crippen molar-refractivity contribution in [2.45, 2.75) is 4.21 Å². The van der Waals surface area contributed by atoms with E-state index in [9.17, 15) is 13.2 Å². The van der Waals surface area contributed by atoms with Crippen molar-refractivity contribution in [1.82, 2.24) is 9.82 Å². The van der Waals surface area contributed by atoms with E-state index < -0.39 is 15.9 Å². The van der Waals surface area contributed by atoms with Gasteiger partial charge >= 0.3 is 0 Å². The van der Waals surface area contributed by atoms with Crippen LogP contribution in [0.3, 0.4) is 0 Å². The Hall–Kier alpha value is -2.03. The maximum Gasteiger partial charge on any atom is 0.273 e. The van der Waals surface area contributed by atoms with Crippen molar-refractivity contribution in [1.29, 1.82) is 0 Å². The summed E-state index contributed by atoms with van der Waals surface area (Å²) in [4.78, 5) is 12.4. The maximum absolute atomic E-state index is 12.4. The molecule has 1 aromatic carbocycles. The van der Waals surface area contributed by atoms with Crippen molar-refractivity contribution >= 4 is 49.8 Å². The third kappa shape index (κ3) is 3.19. The molecule has 0 radical (unpaired) electrons. The van der Waals surface area contributed by atoms with Crippen LogP contribution in [-0.4, -0.2) is 19.4 Å². The molecule has 118 valence electrons. The van der Waals surface area contributed by atoms with E-state index in [4.69, 9.17) is 11.6 Å². The van der Waals surface area contributed by atoms with Gasteiger partial charge in [0.15, 0.2) is 7.05 Å². The molecular formula is C14H11ClN3O3S2+. The number of benzene rings is 1. The Labute approximate surface area is 141 Å². The zero-order chi connectivity index (χ0) is 16.6. The van der Waals surface area contributed by atoms with Crippen LogP contribution in [0.1, 0.15) is 10.4 Å². The molecule has 0 unspecified atom stereocenters. The molecule has 3 rings (SSSR count). The van der Waals surface area contributed by atoms with Crippen LogP contribution in [0.2, 0.25) is 4.34 Å². The molecule has 1 N–H and O–H groups in total. The van der Waals surface area contributed by atoms with E-state index in [0.29, 0.717) is 15.2 Å². The van der Waals surface area contributed by atoms with E-state index in [1.54, 1.807) is 31.3 Å². The van der Waals surface area contributed by atoms with Crippen LogP contribution in [0.5, 0.6) is 0 Å². The number of amides is 1. The van der Waals surface area contributed by atoms with Crippen LogP contribution in [0.25, 0.3) is 10.9 Å². The topological polar surface area (TPSA) is 80.0 Å². The molecule has 23 heavy (non-hydrogen) atoms. The molecule has 2 heterocycles. The monoisotopic (exact) mass is 368 g/mol. The van der Waals surface area contributed by atoms with E-state index in [2.05, 4.69) is 9.82 Å². The van der Waals surface area contributed by atoms with Crippen molar-refractivity contribution in [3.8, 4) is 0 Å². The highest BCUT2D eigenvalue weighted by Gasteiger charge is 2.24. The number of aryl methyl sites for hydroxylation is 1. The van der Waals surface area contributed by atoms with Gasteiger partial charge in [0.2, 0.25) is 6.20 Å². The number of sulfonamides is 1. The third-order valence-corrected chi connectivity index (χ3v) is 6.11. The second-order valence-electron chi connectivity index (χ2n) is 4.73. The first-order valence-electron chi connectivity index (χ1n) is 6.45. The Morgan fingerprint density at radius 2 is 2.00 bits per heavy atom. The average Bonchev–Trinajstić information content (AvgIpc) is 2.93. The number of nitrogens with zero attached hydrogens (tertiary/aromatic N) is 2. The van der Waals surface area contributed by atoms with E-state index in [-0.39, 0.29) is 9.77 Å². The second kappa shape index (κ2) is 5.88. The zero-order valence-corrected chi connectivity index (χ0v) is 14.2. The minimum Gasteiger partial charge on any atom is -0.268 e. The summed E-state index contributed by atoms with van der Waals surface area (Å²) in [6.45, 7) is 0. The number of hydrogen-bond donors (Lipinski definition) is 1. The molecule has 6 nitrogen and oxygen atoms in total. The molecule has 0 aliphatic rings. The number of rotatable bonds is 3. The van der Waals surface area contributed by atoms with Gasteiger partial charge in [-0.3, -0.25) is 4.79 Å². The Bertz CT molecular complexity index is 1020. The molecule has 0 spiro atoms. The molecular weight excluding hydrogens is 358 g/mol. The Balaban J connectivity index is 2.01. The largest absolute Gasteiger partial charge is 0.273 e. The highest BCUT2D eigenvalue weighted by Crippen LogP contribution is 2.25. The molecule has 0 aliphatic heterocycles. The molecule has 3 aromatic rings. The highest BCUT2D eigenvalue weighted by molar-refractivity contribution is 7.92. The van der Waals surface area contributed by atoms with Crippen LogP contribution >= 0.6 is 22.9 Å². The zero-order valence-electron chi connectivity index (χ0n) is 11.9. The summed E-state index contributed by atoms with van der Waals surface area (Å²) in [5.41, 5.74) is 0.823. The lowest BCUT2D eigenvalue weighted by atomic mass is 10.1. The summed E-state index contributed by atoms with van der Waals surface area (Å²) in [7, 11) is -2.30. The Morgan fingerprint density at radius 1 is 1.26 bits per heavy atom. The van der Waals surface area contributed by atoms with Crippen molar-refractivity contribution in [3.63, 3.8) is 0 Å². The first kappa shape index (κ1) is 15.9. The van der Waals surface area contributed by atoms with Gasteiger partial charge in [0.1, 0.15) is 15.3 Å². The predicted octanol–water partition coefficient (Wildman–Crippen LogP) is 1.89. The van der Waals surface area contributed by atoms with E-state index in [1.807, 2.05) is 0 Å². The fourth-order valence-corrected chi connectivity index (χ4v) is 4.54. The summed E-state index contributed by atoms with van der Waals surface area (Å²) < 4.78 is 28.3. The molecule has 0 atom stereocenters. The van der Waals surface area contributed by atoms with Crippen LogP contribution in [0.15, 0.2) is 46.8 Å². The van der Waals surface area contributed by atoms with Crippen LogP contribution in [0.4, 0.5) is 0 Å². The van der Waals surface area contributed by atoms with Gasteiger partial charge in [-0.25, -0.2) is 13.1 Å².